The summed E-state index contributed by atoms with van der Waals surface area (Å²) in [6.45, 7) is 10.2. The molecule has 0 bridgehead atoms. The minimum absolute atomic E-state index is 0.0911. The maximum atomic E-state index is 12.6. The van der Waals surface area contributed by atoms with Crippen molar-refractivity contribution in [1.29, 1.82) is 0 Å². The molecule has 0 radical (unpaired) electrons. The molecule has 1 heterocycles. The molecule has 1 aromatic rings. The Bertz CT molecular complexity index is 1010. The highest BCUT2D eigenvalue weighted by atomic mass is 32.2. The monoisotopic (exact) mass is 459 g/mol. The predicted molar refractivity (Wildman–Crippen MR) is 110 cm³/mol. The zero-order valence-electron chi connectivity index (χ0n) is 17.5. The van der Waals surface area contributed by atoms with E-state index in [2.05, 4.69) is 18.8 Å². The van der Waals surface area contributed by atoms with Crippen molar-refractivity contribution in [2.45, 2.75) is 65.7 Å². The second kappa shape index (κ2) is 12.2. The van der Waals surface area contributed by atoms with Crippen LogP contribution in [-0.2, 0) is 26.6 Å². The molecule has 0 aliphatic carbocycles. The van der Waals surface area contributed by atoms with Crippen LogP contribution in [0.4, 0.5) is 5.69 Å². The molecule has 30 heavy (non-hydrogen) atoms. The summed E-state index contributed by atoms with van der Waals surface area (Å²) in [5.74, 6) is 0.205. The lowest BCUT2D eigenvalue weighted by atomic mass is 9.77. The standard InChI is InChI=1S/C19H25NO2.2O3S/c1-6-8-16(21)13-10-14(17(22)9-7-2)18-15(11-13)20-12(3)19(18,4)5;2*1-4(2)3/h10-11H,6-9H2,1-5H3;;. The number of benzene rings is 1. The van der Waals surface area contributed by atoms with Crippen molar-refractivity contribution in [3.05, 3.63) is 28.8 Å². The number of aliphatic imine (C=N–C) groups is 1. The van der Waals surface area contributed by atoms with Crippen LogP contribution in [0.15, 0.2) is 17.1 Å². The maximum absolute atomic E-state index is 12.6. The normalized spacial score (nSPS) is 12.9. The molecular weight excluding hydrogens is 434 g/mol. The quantitative estimate of drug-likeness (QED) is 0.589. The molecular formula is C19H25NO8S2. The Morgan fingerprint density at radius 3 is 1.73 bits per heavy atom. The fraction of sp³-hybridized carbons (Fsp3) is 0.526. The summed E-state index contributed by atoms with van der Waals surface area (Å²) >= 11 is 0. The van der Waals surface area contributed by atoms with E-state index in [-0.39, 0.29) is 17.0 Å². The van der Waals surface area contributed by atoms with Gasteiger partial charge in [-0.3, -0.25) is 14.6 Å². The van der Waals surface area contributed by atoms with Crippen LogP contribution in [0.5, 0.6) is 0 Å². The average molecular weight is 460 g/mol. The van der Waals surface area contributed by atoms with E-state index in [0.717, 1.165) is 29.8 Å². The van der Waals surface area contributed by atoms with Gasteiger partial charge in [0, 0.05) is 35.1 Å². The van der Waals surface area contributed by atoms with Crippen LogP contribution in [0.1, 0.15) is 86.6 Å². The molecule has 1 aliphatic heterocycles. The van der Waals surface area contributed by atoms with Crippen molar-refractivity contribution >= 4 is 44.2 Å². The van der Waals surface area contributed by atoms with E-state index < -0.39 is 21.2 Å². The molecule has 0 saturated heterocycles. The average Bonchev–Trinajstić information content (AvgIpc) is 2.82. The predicted octanol–water partition coefficient (Wildman–Crippen LogP) is 3.03. The first-order chi connectivity index (χ1) is 13.8. The number of carbonyl (C=O) groups is 2. The summed E-state index contributed by atoms with van der Waals surface area (Å²) in [5.41, 5.74) is 3.83. The Kier molecular flexibility index (Phi) is 11.2. The molecule has 0 N–H and O–H groups in total. The van der Waals surface area contributed by atoms with Gasteiger partial charge in [-0.1, -0.05) is 27.7 Å². The van der Waals surface area contributed by atoms with Gasteiger partial charge in [-0.25, -0.2) is 0 Å². The van der Waals surface area contributed by atoms with E-state index in [1.54, 1.807) is 6.07 Å². The lowest BCUT2D eigenvalue weighted by Gasteiger charge is -2.23. The lowest BCUT2D eigenvalue weighted by molar-refractivity contribution is 0.0980. The fourth-order valence-corrected chi connectivity index (χ4v) is 2.99. The van der Waals surface area contributed by atoms with E-state index in [1.165, 1.54) is 0 Å². The second-order valence-corrected chi connectivity index (χ2v) is 7.81. The van der Waals surface area contributed by atoms with Crippen molar-refractivity contribution in [1.82, 2.24) is 0 Å². The number of hydrogen-bond donors (Lipinski definition) is 0. The van der Waals surface area contributed by atoms with Crippen LogP contribution in [-0.4, -0.2) is 42.5 Å². The summed E-state index contributed by atoms with van der Waals surface area (Å²) in [6.07, 6.45) is 2.63. The van der Waals surface area contributed by atoms with Crippen LogP contribution in [0.2, 0.25) is 0 Å². The smallest absolute Gasteiger partial charge is 0.294 e. The minimum atomic E-state index is -3.11. The van der Waals surface area contributed by atoms with Gasteiger partial charge in [0.2, 0.25) is 0 Å². The lowest BCUT2D eigenvalue weighted by Crippen LogP contribution is -2.25. The van der Waals surface area contributed by atoms with Gasteiger partial charge in [0.15, 0.2) is 11.6 Å². The summed E-state index contributed by atoms with van der Waals surface area (Å²) in [6, 6.07) is 3.65. The van der Waals surface area contributed by atoms with Gasteiger partial charge in [0.05, 0.1) is 5.69 Å². The molecule has 0 amide bonds. The van der Waals surface area contributed by atoms with Crippen LogP contribution < -0.4 is 0 Å². The van der Waals surface area contributed by atoms with Crippen molar-refractivity contribution < 1.29 is 34.8 Å². The highest BCUT2D eigenvalue weighted by Crippen LogP contribution is 2.43. The molecule has 0 aromatic heterocycles. The summed E-state index contributed by atoms with van der Waals surface area (Å²) in [4.78, 5) is 29.5. The first-order valence-corrected chi connectivity index (χ1v) is 11.1. The van der Waals surface area contributed by atoms with Gasteiger partial charge in [-0.15, -0.1) is 25.3 Å². The van der Waals surface area contributed by atoms with Crippen LogP contribution in [0.25, 0.3) is 0 Å². The SMILES string of the molecule is CCCC(=O)c1cc2c(c(C(=O)CCC)c1)C(C)(C)C(C)=N2.O=S(=O)=O.O=S(=O)=O. The van der Waals surface area contributed by atoms with Gasteiger partial charge in [0.1, 0.15) is 0 Å². The zero-order chi connectivity index (χ0) is 23.6. The number of ketones is 2. The Balaban J connectivity index is 0.000000901. The van der Waals surface area contributed by atoms with Crippen LogP contribution >= 0.6 is 0 Å². The third-order valence-corrected chi connectivity index (χ3v) is 4.51. The fourth-order valence-electron chi connectivity index (χ4n) is 2.99. The Labute approximate surface area is 178 Å². The number of Topliss-reactive ketones (excluding diaryl/α,β-unsaturated/α-hetero) is 2. The molecule has 9 nitrogen and oxygen atoms in total. The number of carbonyl (C=O) groups excluding carboxylic acids is 2. The second-order valence-electron chi connectivity index (χ2n) is 6.99. The van der Waals surface area contributed by atoms with Crippen LogP contribution in [0, 0.1) is 0 Å². The highest BCUT2D eigenvalue weighted by Gasteiger charge is 2.36. The van der Waals surface area contributed by atoms with E-state index in [0.29, 0.717) is 24.0 Å². The Morgan fingerprint density at radius 1 is 0.867 bits per heavy atom. The maximum Gasteiger partial charge on any atom is 0.425 e. The van der Waals surface area contributed by atoms with Crippen molar-refractivity contribution in [2.24, 2.45) is 4.99 Å². The van der Waals surface area contributed by atoms with Crippen molar-refractivity contribution in [3.8, 4) is 0 Å². The van der Waals surface area contributed by atoms with Gasteiger partial charge < -0.3 is 0 Å². The summed E-state index contributed by atoms with van der Waals surface area (Å²) < 4.78 is 50.7. The third-order valence-electron chi connectivity index (χ3n) is 4.51. The summed E-state index contributed by atoms with van der Waals surface area (Å²) in [7, 11) is -6.22. The van der Waals surface area contributed by atoms with E-state index >= 15 is 0 Å². The first-order valence-electron chi connectivity index (χ1n) is 9.13. The molecule has 0 atom stereocenters. The topological polar surface area (TPSA) is 149 Å². The zero-order valence-corrected chi connectivity index (χ0v) is 19.1. The van der Waals surface area contributed by atoms with Gasteiger partial charge in [-0.2, -0.15) is 0 Å². The molecule has 1 aromatic carbocycles. The molecule has 0 saturated carbocycles. The van der Waals surface area contributed by atoms with Crippen LogP contribution in [0.3, 0.4) is 0 Å². The minimum Gasteiger partial charge on any atom is -0.294 e. The largest absolute Gasteiger partial charge is 0.425 e. The highest BCUT2D eigenvalue weighted by molar-refractivity contribution is 7.59. The van der Waals surface area contributed by atoms with Crippen molar-refractivity contribution in [3.63, 3.8) is 0 Å². The first kappa shape index (κ1) is 27.5. The molecule has 0 fully saturated rings. The Hall–Kier alpha value is -2.53. The number of fused-ring (bicyclic) bond motifs is 1. The van der Waals surface area contributed by atoms with Gasteiger partial charge in [0.25, 0.3) is 0 Å². The third kappa shape index (κ3) is 8.07. The van der Waals surface area contributed by atoms with Gasteiger partial charge >= 0.3 is 21.2 Å². The Morgan fingerprint density at radius 2 is 1.30 bits per heavy atom. The molecule has 0 unspecified atom stereocenters. The van der Waals surface area contributed by atoms with E-state index in [1.807, 2.05) is 26.8 Å². The molecule has 166 valence electrons. The molecule has 1 aliphatic rings. The molecule has 2 rings (SSSR count). The number of hydrogen-bond acceptors (Lipinski definition) is 9. The molecule has 0 spiro atoms. The van der Waals surface area contributed by atoms with Gasteiger partial charge in [-0.05, 0) is 37.5 Å². The molecule has 11 heteroatoms. The van der Waals surface area contributed by atoms with E-state index in [9.17, 15) is 9.59 Å². The number of nitrogens with zero attached hydrogens (tertiary/aromatic N) is 1. The van der Waals surface area contributed by atoms with Crippen molar-refractivity contribution in [2.75, 3.05) is 0 Å². The summed E-state index contributed by atoms with van der Waals surface area (Å²) in [5, 5.41) is 0. The van der Waals surface area contributed by atoms with E-state index in [4.69, 9.17) is 25.3 Å². The number of rotatable bonds is 6.